The van der Waals surface area contributed by atoms with Crippen LogP contribution in [0.25, 0.3) is 56.2 Å². The van der Waals surface area contributed by atoms with Gasteiger partial charge in [0.2, 0.25) is 0 Å². The number of fused-ring (bicyclic) bond motifs is 4. The monoisotopic (exact) mass is 700 g/mol. The standard InChI is InChI=1S/2C19H14N.C2H4.2ClH.Zr/c2*1-13-9-14-6-4-7-17(18(14)10-13)16-11-15-5-2-3-8-19(15)20-12-16;1-2;;;/h2*2-12H,1H3;1-2H2;2*1H;/q;;;;;+2/p-2. The third kappa shape index (κ3) is 4.70. The van der Waals surface area contributed by atoms with E-state index < -0.39 is 20.3 Å². The van der Waals surface area contributed by atoms with Crippen LogP contribution in [0.5, 0.6) is 0 Å². The summed E-state index contributed by atoms with van der Waals surface area (Å²) in [4.78, 5) is 9.62. The van der Waals surface area contributed by atoms with E-state index in [4.69, 9.17) is 9.97 Å². The van der Waals surface area contributed by atoms with Gasteiger partial charge in [0.15, 0.2) is 0 Å². The van der Waals surface area contributed by atoms with E-state index in [1.807, 2.05) is 0 Å². The van der Waals surface area contributed by atoms with Crippen LogP contribution in [0.3, 0.4) is 0 Å². The number of hydrogen-bond acceptors (Lipinski definition) is 2. The molecular formula is C40H32Cl2N2Zr. The molecule has 0 bridgehead atoms. The molecule has 0 N–H and O–H groups in total. The molecular weight excluding hydrogens is 671 g/mol. The zero-order valence-electron chi connectivity index (χ0n) is 25.3. The molecule has 5 heteroatoms. The Kier molecular flexibility index (Phi) is 7.72. The minimum absolute atomic E-state index is 0. The molecule has 3 aliphatic rings. The normalized spacial score (nSPS) is 18.1. The first-order chi connectivity index (χ1) is 21.1. The number of pyridine rings is 2. The SMILES string of the molecule is CC1=Cc2c(-c3cnc4ccccc4c3)cccc2[CH]1[Zr+2]1([CH]2C(C)=Cc3c(-c4cnc5ccccc5c4)cccc32)[CH2][CH2]1.[Cl-].[Cl-]. The Hall–Kier alpha value is -3.36. The summed E-state index contributed by atoms with van der Waals surface area (Å²) < 4.78 is 4.18. The third-order valence-corrected chi connectivity index (χ3v) is 23.8. The first kappa shape index (κ1) is 30.3. The van der Waals surface area contributed by atoms with Crippen LogP contribution in [-0.2, 0) is 20.3 Å². The van der Waals surface area contributed by atoms with Gasteiger partial charge in [-0.15, -0.1) is 0 Å². The van der Waals surface area contributed by atoms with Gasteiger partial charge < -0.3 is 24.8 Å². The number of aromatic nitrogens is 2. The second-order valence-corrected chi connectivity index (χ2v) is 24.2. The quantitative estimate of drug-likeness (QED) is 0.266. The minimum Gasteiger partial charge on any atom is -1.00 e. The van der Waals surface area contributed by atoms with Crippen molar-refractivity contribution in [1.82, 2.24) is 9.97 Å². The number of allylic oxidation sites excluding steroid dienone is 2. The molecule has 9 rings (SSSR count). The van der Waals surface area contributed by atoms with Crippen LogP contribution >= 0.6 is 0 Å². The predicted molar refractivity (Wildman–Crippen MR) is 177 cm³/mol. The van der Waals surface area contributed by atoms with Gasteiger partial charge in [-0.05, 0) is 0 Å². The molecule has 3 heterocycles. The van der Waals surface area contributed by atoms with Crippen molar-refractivity contribution in [3.8, 4) is 22.3 Å². The molecule has 0 spiro atoms. The maximum absolute atomic E-state index is 4.81. The first-order valence-corrected chi connectivity index (χ1v) is 21.7. The number of para-hydroxylation sites is 2. The minimum atomic E-state index is -2.70. The van der Waals surface area contributed by atoms with Gasteiger partial charge >= 0.3 is 259 Å². The summed E-state index contributed by atoms with van der Waals surface area (Å²) in [6.45, 7) is 4.83. The fourth-order valence-electron chi connectivity index (χ4n) is 8.46. The van der Waals surface area contributed by atoms with Crippen molar-refractivity contribution in [1.29, 1.82) is 0 Å². The summed E-state index contributed by atoms with van der Waals surface area (Å²) in [7, 11) is 0. The first-order valence-electron chi connectivity index (χ1n) is 15.4. The summed E-state index contributed by atoms with van der Waals surface area (Å²) in [6.07, 6.45) is 9.17. The van der Waals surface area contributed by atoms with Gasteiger partial charge in [0.1, 0.15) is 0 Å². The number of rotatable bonds is 4. The molecule has 220 valence electrons. The molecule has 1 saturated heterocycles. The molecule has 0 radical (unpaired) electrons. The molecule has 0 amide bonds. The Bertz CT molecular complexity index is 2040. The average molecular weight is 703 g/mol. The molecule has 2 nitrogen and oxygen atoms in total. The molecule has 2 aromatic heterocycles. The molecule has 6 aromatic rings. The number of benzene rings is 4. The second kappa shape index (κ2) is 11.5. The Balaban J connectivity index is 0.00000163. The topological polar surface area (TPSA) is 25.8 Å². The van der Waals surface area contributed by atoms with E-state index in [1.54, 1.807) is 22.3 Å². The van der Waals surface area contributed by atoms with Gasteiger partial charge in [0.05, 0.1) is 0 Å². The fraction of sp³-hybridized carbons (Fsp3) is 0.150. The zero-order chi connectivity index (χ0) is 28.7. The molecule has 1 fully saturated rings. The molecule has 0 saturated carbocycles. The molecule has 4 aromatic carbocycles. The summed E-state index contributed by atoms with van der Waals surface area (Å²) >= 11 is -2.70. The van der Waals surface area contributed by atoms with Gasteiger partial charge in [-0.3, -0.25) is 0 Å². The van der Waals surface area contributed by atoms with Crippen molar-refractivity contribution >= 4 is 34.0 Å². The van der Waals surface area contributed by atoms with Gasteiger partial charge in [-0.1, -0.05) is 0 Å². The smallest absolute Gasteiger partial charge is 1.00 e. The van der Waals surface area contributed by atoms with Gasteiger partial charge in [0, 0.05) is 0 Å². The van der Waals surface area contributed by atoms with Gasteiger partial charge in [-0.2, -0.15) is 0 Å². The molecule has 45 heavy (non-hydrogen) atoms. The van der Waals surface area contributed by atoms with E-state index in [0.717, 1.165) is 11.0 Å². The second-order valence-electron chi connectivity index (χ2n) is 12.8. The van der Waals surface area contributed by atoms with Crippen LogP contribution < -0.4 is 24.8 Å². The summed E-state index contributed by atoms with van der Waals surface area (Å²) in [5.41, 5.74) is 16.4. The van der Waals surface area contributed by atoms with Crippen LogP contribution in [-0.4, -0.2) is 9.97 Å². The summed E-state index contributed by atoms with van der Waals surface area (Å²) in [5, 5.41) is 2.40. The van der Waals surface area contributed by atoms with Crippen LogP contribution in [0, 0.1) is 0 Å². The third-order valence-electron chi connectivity index (χ3n) is 10.3. The fourth-order valence-corrected chi connectivity index (χ4v) is 26.2. The van der Waals surface area contributed by atoms with Crippen molar-refractivity contribution in [3.05, 3.63) is 143 Å². The van der Waals surface area contributed by atoms with Crippen LogP contribution in [0.1, 0.15) is 43.4 Å². The number of nitrogens with zero attached hydrogens (tertiary/aromatic N) is 2. The van der Waals surface area contributed by atoms with Crippen molar-refractivity contribution < 1.29 is 45.1 Å². The molecule has 2 atom stereocenters. The Labute approximate surface area is 281 Å². The Morgan fingerprint density at radius 3 is 1.44 bits per heavy atom. The molecule has 2 unspecified atom stereocenters. The summed E-state index contributed by atoms with van der Waals surface area (Å²) in [6, 6.07) is 35.5. The maximum Gasteiger partial charge on any atom is -1.00 e. The average Bonchev–Trinajstić information content (AvgIpc) is 3.62. The van der Waals surface area contributed by atoms with E-state index in [2.05, 4.69) is 135 Å². The molecule has 2 aliphatic carbocycles. The van der Waals surface area contributed by atoms with Crippen molar-refractivity contribution in [2.24, 2.45) is 0 Å². The largest absolute Gasteiger partial charge is 1.00 e. The van der Waals surface area contributed by atoms with E-state index in [-0.39, 0.29) is 24.8 Å². The summed E-state index contributed by atoms with van der Waals surface area (Å²) in [5.74, 6) is 0. The number of hydrogen-bond donors (Lipinski definition) is 0. The van der Waals surface area contributed by atoms with Crippen LogP contribution in [0.2, 0.25) is 8.26 Å². The molecule has 1 aliphatic heterocycles. The van der Waals surface area contributed by atoms with Crippen molar-refractivity contribution in [3.63, 3.8) is 0 Å². The van der Waals surface area contributed by atoms with Crippen LogP contribution in [0.4, 0.5) is 0 Å². The maximum atomic E-state index is 4.81. The number of halogens is 2. The predicted octanol–water partition coefficient (Wildman–Crippen LogP) is 4.75. The van der Waals surface area contributed by atoms with Crippen molar-refractivity contribution in [2.75, 3.05) is 0 Å². The van der Waals surface area contributed by atoms with E-state index in [9.17, 15) is 0 Å². The van der Waals surface area contributed by atoms with Gasteiger partial charge in [-0.25, -0.2) is 0 Å². The van der Waals surface area contributed by atoms with E-state index >= 15 is 0 Å². The van der Waals surface area contributed by atoms with Gasteiger partial charge in [0.25, 0.3) is 0 Å². The van der Waals surface area contributed by atoms with Crippen LogP contribution in [0.15, 0.2) is 121 Å². The van der Waals surface area contributed by atoms with E-state index in [0.29, 0.717) is 7.25 Å². The Morgan fingerprint density at radius 2 is 1.00 bits per heavy atom. The van der Waals surface area contributed by atoms with Crippen molar-refractivity contribution in [2.45, 2.75) is 29.4 Å². The zero-order valence-corrected chi connectivity index (χ0v) is 29.2. The Morgan fingerprint density at radius 1 is 0.556 bits per heavy atom. The van der Waals surface area contributed by atoms with E-state index in [1.165, 1.54) is 52.4 Å².